The molecule has 1 N–H and O–H groups in total. The molecule has 0 saturated heterocycles. The van der Waals surface area contributed by atoms with E-state index in [9.17, 15) is 9.59 Å². The molecular weight excluding hydrogens is 218 g/mol. The SMILES string of the molecule is CCCC(C)(NC(=O)C(C)C1CC1)C(=O)OC. The fraction of sp³-hybridized carbons (Fsp3) is 0.846. The van der Waals surface area contributed by atoms with Crippen molar-refractivity contribution in [2.75, 3.05) is 7.11 Å². The number of nitrogens with one attached hydrogen (secondary N) is 1. The maximum atomic E-state index is 12.0. The van der Waals surface area contributed by atoms with Crippen molar-refractivity contribution in [1.82, 2.24) is 5.32 Å². The van der Waals surface area contributed by atoms with Gasteiger partial charge in [-0.25, -0.2) is 4.79 Å². The Labute approximate surface area is 103 Å². The first-order chi connectivity index (χ1) is 7.94. The predicted molar refractivity (Wildman–Crippen MR) is 65.4 cm³/mol. The van der Waals surface area contributed by atoms with Crippen LogP contribution in [0, 0.1) is 11.8 Å². The number of esters is 1. The fourth-order valence-electron chi connectivity index (χ4n) is 2.14. The molecule has 1 rings (SSSR count). The van der Waals surface area contributed by atoms with Crippen molar-refractivity contribution in [3.8, 4) is 0 Å². The van der Waals surface area contributed by atoms with Gasteiger partial charge in [0.05, 0.1) is 7.11 Å². The number of hydrogen-bond donors (Lipinski definition) is 1. The summed E-state index contributed by atoms with van der Waals surface area (Å²) in [5.74, 6) is 0.0962. The molecule has 0 aromatic heterocycles. The molecule has 17 heavy (non-hydrogen) atoms. The van der Waals surface area contributed by atoms with Crippen molar-refractivity contribution in [3.63, 3.8) is 0 Å². The second-order valence-corrected chi connectivity index (χ2v) is 5.19. The number of ether oxygens (including phenoxy) is 1. The molecule has 0 aliphatic heterocycles. The van der Waals surface area contributed by atoms with Gasteiger partial charge in [0.2, 0.25) is 5.91 Å². The van der Waals surface area contributed by atoms with E-state index in [1.165, 1.54) is 7.11 Å². The topological polar surface area (TPSA) is 55.4 Å². The van der Waals surface area contributed by atoms with Crippen LogP contribution in [0.15, 0.2) is 0 Å². The number of carbonyl (C=O) groups excluding carboxylic acids is 2. The first kappa shape index (κ1) is 14.0. The Balaban J connectivity index is 2.64. The standard InChI is InChI=1S/C13H23NO3/c1-5-8-13(3,12(16)17-4)14-11(15)9(2)10-6-7-10/h9-10H,5-8H2,1-4H3,(H,14,15). The van der Waals surface area contributed by atoms with Gasteiger partial charge in [0.1, 0.15) is 5.54 Å². The smallest absolute Gasteiger partial charge is 0.331 e. The molecule has 1 aliphatic carbocycles. The number of hydrogen-bond acceptors (Lipinski definition) is 3. The highest BCUT2D eigenvalue weighted by Crippen LogP contribution is 2.36. The molecule has 2 unspecified atom stereocenters. The van der Waals surface area contributed by atoms with Gasteiger partial charge in [-0.3, -0.25) is 4.79 Å². The number of carbonyl (C=O) groups is 2. The van der Waals surface area contributed by atoms with Crippen LogP contribution in [0.1, 0.15) is 46.5 Å². The third kappa shape index (κ3) is 3.45. The van der Waals surface area contributed by atoms with Gasteiger partial charge in [-0.05, 0) is 32.1 Å². The molecule has 98 valence electrons. The molecule has 0 aromatic rings. The Kier molecular flexibility index (Phi) is 4.54. The average molecular weight is 241 g/mol. The van der Waals surface area contributed by atoms with E-state index in [1.54, 1.807) is 6.92 Å². The minimum Gasteiger partial charge on any atom is -0.467 e. The molecule has 2 atom stereocenters. The molecule has 0 spiro atoms. The molecule has 4 heteroatoms. The summed E-state index contributed by atoms with van der Waals surface area (Å²) >= 11 is 0. The lowest BCUT2D eigenvalue weighted by atomic mass is 9.94. The quantitative estimate of drug-likeness (QED) is 0.722. The lowest BCUT2D eigenvalue weighted by Crippen LogP contribution is -2.54. The number of amides is 1. The van der Waals surface area contributed by atoms with Gasteiger partial charge in [0.15, 0.2) is 0 Å². The van der Waals surface area contributed by atoms with Gasteiger partial charge in [-0.2, -0.15) is 0 Å². The maximum Gasteiger partial charge on any atom is 0.331 e. The van der Waals surface area contributed by atoms with Crippen molar-refractivity contribution in [1.29, 1.82) is 0 Å². The molecule has 0 aromatic carbocycles. The minimum atomic E-state index is -0.885. The second kappa shape index (κ2) is 5.52. The van der Waals surface area contributed by atoms with Gasteiger partial charge < -0.3 is 10.1 Å². The summed E-state index contributed by atoms with van der Waals surface area (Å²) in [5.41, 5.74) is -0.885. The van der Waals surface area contributed by atoms with Crippen LogP contribution in [-0.4, -0.2) is 24.5 Å². The van der Waals surface area contributed by atoms with Crippen molar-refractivity contribution in [2.24, 2.45) is 11.8 Å². The van der Waals surface area contributed by atoms with Crippen LogP contribution in [0.25, 0.3) is 0 Å². The van der Waals surface area contributed by atoms with Crippen LogP contribution < -0.4 is 5.32 Å². The van der Waals surface area contributed by atoms with Gasteiger partial charge >= 0.3 is 5.97 Å². The van der Waals surface area contributed by atoms with Gasteiger partial charge in [0, 0.05) is 5.92 Å². The molecular formula is C13H23NO3. The van der Waals surface area contributed by atoms with Crippen LogP contribution in [0.4, 0.5) is 0 Å². The van der Waals surface area contributed by atoms with E-state index >= 15 is 0 Å². The van der Waals surface area contributed by atoms with Crippen LogP contribution in [0.5, 0.6) is 0 Å². The van der Waals surface area contributed by atoms with Crippen LogP contribution in [-0.2, 0) is 14.3 Å². The highest BCUT2D eigenvalue weighted by Gasteiger charge is 2.39. The van der Waals surface area contributed by atoms with Crippen molar-refractivity contribution < 1.29 is 14.3 Å². The lowest BCUT2D eigenvalue weighted by Gasteiger charge is -2.29. The first-order valence-corrected chi connectivity index (χ1v) is 6.35. The summed E-state index contributed by atoms with van der Waals surface area (Å²) < 4.78 is 4.77. The third-order valence-corrected chi connectivity index (χ3v) is 3.53. The van der Waals surface area contributed by atoms with E-state index in [-0.39, 0.29) is 17.8 Å². The maximum absolute atomic E-state index is 12.0. The normalized spacial score (nSPS) is 20.2. The minimum absolute atomic E-state index is 0.00385. The summed E-state index contributed by atoms with van der Waals surface area (Å²) in [4.78, 5) is 23.7. The Bertz CT molecular complexity index is 299. The van der Waals surface area contributed by atoms with Gasteiger partial charge in [-0.15, -0.1) is 0 Å². The summed E-state index contributed by atoms with van der Waals surface area (Å²) in [7, 11) is 1.35. The van der Waals surface area contributed by atoms with E-state index < -0.39 is 5.54 Å². The molecule has 1 amide bonds. The van der Waals surface area contributed by atoms with E-state index in [4.69, 9.17) is 4.74 Å². The Morgan fingerprint density at radius 2 is 2.06 bits per heavy atom. The summed E-state index contributed by atoms with van der Waals surface area (Å²) in [6.45, 7) is 5.65. The second-order valence-electron chi connectivity index (χ2n) is 5.19. The van der Waals surface area contributed by atoms with Crippen LogP contribution in [0.3, 0.4) is 0 Å². The molecule has 1 fully saturated rings. The Morgan fingerprint density at radius 3 is 2.47 bits per heavy atom. The van der Waals surface area contributed by atoms with Gasteiger partial charge in [-0.1, -0.05) is 20.3 Å². The van der Waals surface area contributed by atoms with E-state index in [0.29, 0.717) is 12.3 Å². The third-order valence-electron chi connectivity index (χ3n) is 3.53. The Hall–Kier alpha value is -1.06. The van der Waals surface area contributed by atoms with Crippen LogP contribution in [0.2, 0.25) is 0 Å². The fourth-order valence-corrected chi connectivity index (χ4v) is 2.14. The number of methoxy groups -OCH3 is 1. The molecule has 1 aliphatic rings. The highest BCUT2D eigenvalue weighted by atomic mass is 16.5. The van der Waals surface area contributed by atoms with Crippen molar-refractivity contribution in [2.45, 2.75) is 52.0 Å². The van der Waals surface area contributed by atoms with Crippen molar-refractivity contribution in [3.05, 3.63) is 0 Å². The zero-order valence-electron chi connectivity index (χ0n) is 11.2. The number of rotatable bonds is 6. The molecule has 0 radical (unpaired) electrons. The summed E-state index contributed by atoms with van der Waals surface area (Å²) in [6, 6.07) is 0. The predicted octanol–water partition coefficient (Wildman–Crippen LogP) is 1.88. The monoisotopic (exact) mass is 241 g/mol. The Morgan fingerprint density at radius 1 is 1.47 bits per heavy atom. The first-order valence-electron chi connectivity index (χ1n) is 6.35. The lowest BCUT2D eigenvalue weighted by molar-refractivity contribution is -0.151. The zero-order chi connectivity index (χ0) is 13.1. The summed E-state index contributed by atoms with van der Waals surface area (Å²) in [6.07, 6.45) is 3.67. The van der Waals surface area contributed by atoms with E-state index in [2.05, 4.69) is 5.32 Å². The average Bonchev–Trinajstić information content (AvgIpc) is 3.10. The van der Waals surface area contributed by atoms with E-state index in [0.717, 1.165) is 19.3 Å². The molecule has 4 nitrogen and oxygen atoms in total. The van der Waals surface area contributed by atoms with Crippen molar-refractivity contribution >= 4 is 11.9 Å². The van der Waals surface area contributed by atoms with Gasteiger partial charge in [0.25, 0.3) is 0 Å². The zero-order valence-corrected chi connectivity index (χ0v) is 11.2. The summed E-state index contributed by atoms with van der Waals surface area (Å²) in [5, 5.41) is 2.85. The highest BCUT2D eigenvalue weighted by molar-refractivity contribution is 5.88. The largest absolute Gasteiger partial charge is 0.467 e. The van der Waals surface area contributed by atoms with E-state index in [1.807, 2.05) is 13.8 Å². The molecule has 0 bridgehead atoms. The molecule has 0 heterocycles. The molecule has 1 saturated carbocycles. The van der Waals surface area contributed by atoms with Crippen LogP contribution >= 0.6 is 0 Å².